The third-order valence-corrected chi connectivity index (χ3v) is 4.67. The summed E-state index contributed by atoms with van der Waals surface area (Å²) < 4.78 is 7.19. The predicted molar refractivity (Wildman–Crippen MR) is 107 cm³/mol. The van der Waals surface area contributed by atoms with Crippen molar-refractivity contribution in [1.82, 2.24) is 20.0 Å². The molecule has 1 N–H and O–H groups in total. The van der Waals surface area contributed by atoms with E-state index in [2.05, 4.69) is 10.4 Å². The van der Waals surface area contributed by atoms with Crippen molar-refractivity contribution in [2.75, 3.05) is 27.2 Å². The summed E-state index contributed by atoms with van der Waals surface area (Å²) in [6.07, 6.45) is 0. The van der Waals surface area contributed by atoms with E-state index < -0.39 is 0 Å². The summed E-state index contributed by atoms with van der Waals surface area (Å²) in [5, 5.41) is 8.28. The van der Waals surface area contributed by atoms with Crippen LogP contribution in [0.5, 0.6) is 0 Å². The third kappa shape index (κ3) is 4.53. The van der Waals surface area contributed by atoms with Crippen LogP contribution >= 0.6 is 23.2 Å². The van der Waals surface area contributed by atoms with E-state index in [4.69, 9.17) is 27.6 Å². The molecule has 0 spiro atoms. The fourth-order valence-electron chi connectivity index (χ4n) is 2.53. The van der Waals surface area contributed by atoms with Crippen LogP contribution < -0.4 is 5.32 Å². The Labute approximate surface area is 167 Å². The van der Waals surface area contributed by atoms with Gasteiger partial charge in [0.25, 0.3) is 5.91 Å². The number of carbonyl (C=O) groups excluding carboxylic acids is 1. The van der Waals surface area contributed by atoms with E-state index in [1.54, 1.807) is 28.9 Å². The minimum Gasteiger partial charge on any atom is -0.460 e. The van der Waals surface area contributed by atoms with Crippen LogP contribution in [0.15, 0.2) is 40.8 Å². The molecule has 3 rings (SSSR count). The van der Waals surface area contributed by atoms with Crippen LogP contribution in [0.4, 0.5) is 0 Å². The normalized spacial score (nSPS) is 11.2. The first-order valence-corrected chi connectivity index (χ1v) is 9.16. The molecule has 3 aromatic rings. The molecule has 1 aromatic carbocycles. The molecular weight excluding hydrogens is 387 g/mol. The van der Waals surface area contributed by atoms with Crippen molar-refractivity contribution in [3.05, 3.63) is 57.9 Å². The molecule has 0 atom stereocenters. The van der Waals surface area contributed by atoms with Gasteiger partial charge in [-0.2, -0.15) is 5.10 Å². The number of likely N-dealkylation sites (N-methyl/N-ethyl adjacent to an activating group) is 1. The van der Waals surface area contributed by atoms with Gasteiger partial charge in [0, 0.05) is 19.2 Å². The number of carbonyl (C=O) groups is 1. The zero-order valence-corrected chi connectivity index (χ0v) is 16.8. The van der Waals surface area contributed by atoms with Gasteiger partial charge in [0.15, 0.2) is 5.76 Å². The first kappa shape index (κ1) is 19.5. The Morgan fingerprint density at radius 1 is 1.19 bits per heavy atom. The van der Waals surface area contributed by atoms with E-state index in [0.29, 0.717) is 39.4 Å². The zero-order chi connectivity index (χ0) is 19.6. The van der Waals surface area contributed by atoms with Gasteiger partial charge in [-0.3, -0.25) is 4.79 Å². The van der Waals surface area contributed by atoms with Crippen LogP contribution in [0.1, 0.15) is 16.2 Å². The fourth-order valence-corrected chi connectivity index (χ4v) is 2.82. The maximum Gasteiger partial charge on any atom is 0.270 e. The molecule has 0 saturated carbocycles. The Hall–Kier alpha value is -2.28. The Bertz CT molecular complexity index is 963. The minimum atomic E-state index is -0.232. The van der Waals surface area contributed by atoms with Crippen LogP contribution in [0, 0.1) is 6.92 Å². The van der Waals surface area contributed by atoms with Crippen LogP contribution in [0.3, 0.4) is 0 Å². The van der Waals surface area contributed by atoms with Gasteiger partial charge in [0.2, 0.25) is 0 Å². The fraction of sp³-hybridized carbons (Fsp3) is 0.263. The number of furan rings is 1. The van der Waals surface area contributed by atoms with Crippen molar-refractivity contribution >= 4 is 29.1 Å². The van der Waals surface area contributed by atoms with Gasteiger partial charge < -0.3 is 14.6 Å². The molecule has 0 radical (unpaired) electrons. The molecule has 0 unspecified atom stereocenters. The van der Waals surface area contributed by atoms with Crippen molar-refractivity contribution in [2.45, 2.75) is 6.92 Å². The highest BCUT2D eigenvalue weighted by molar-refractivity contribution is 6.42. The smallest absolute Gasteiger partial charge is 0.270 e. The summed E-state index contributed by atoms with van der Waals surface area (Å²) in [5.74, 6) is 1.13. The monoisotopic (exact) mass is 406 g/mol. The molecule has 0 fully saturated rings. The Morgan fingerprint density at radius 2 is 1.96 bits per heavy atom. The third-order valence-electron chi connectivity index (χ3n) is 3.93. The highest BCUT2D eigenvalue weighted by Crippen LogP contribution is 2.27. The van der Waals surface area contributed by atoms with Crippen molar-refractivity contribution < 1.29 is 9.21 Å². The highest BCUT2D eigenvalue weighted by Gasteiger charge is 2.19. The molecular formula is C19H20Cl2N4O2. The number of aromatic nitrogens is 2. The van der Waals surface area contributed by atoms with E-state index in [9.17, 15) is 4.79 Å². The maximum absolute atomic E-state index is 12.7. The summed E-state index contributed by atoms with van der Waals surface area (Å²) in [7, 11) is 3.90. The lowest BCUT2D eigenvalue weighted by Crippen LogP contribution is -2.32. The largest absolute Gasteiger partial charge is 0.460 e. The van der Waals surface area contributed by atoms with Crippen molar-refractivity contribution in [3.63, 3.8) is 0 Å². The first-order chi connectivity index (χ1) is 12.8. The topological polar surface area (TPSA) is 63.3 Å². The summed E-state index contributed by atoms with van der Waals surface area (Å²) in [5.41, 5.74) is 1.58. The van der Waals surface area contributed by atoms with Gasteiger partial charge in [-0.1, -0.05) is 23.2 Å². The SMILES string of the molecule is Cc1ccc(-c2cc(C(=O)NCCN(C)C)n(-c3ccc(Cl)c(Cl)c3)n2)o1. The lowest BCUT2D eigenvalue weighted by Gasteiger charge is -2.11. The van der Waals surface area contributed by atoms with Gasteiger partial charge in [-0.05, 0) is 51.4 Å². The number of nitrogens with one attached hydrogen (secondary N) is 1. The molecule has 1 amide bonds. The molecule has 0 aliphatic carbocycles. The number of hydrogen-bond donors (Lipinski definition) is 1. The number of halogens is 2. The second-order valence-electron chi connectivity index (χ2n) is 6.39. The molecule has 2 heterocycles. The molecule has 0 bridgehead atoms. The first-order valence-electron chi connectivity index (χ1n) is 8.40. The average Bonchev–Trinajstić information content (AvgIpc) is 3.23. The molecule has 0 saturated heterocycles. The second-order valence-corrected chi connectivity index (χ2v) is 7.21. The summed E-state index contributed by atoms with van der Waals surface area (Å²) in [4.78, 5) is 14.7. The molecule has 0 aliphatic rings. The van der Waals surface area contributed by atoms with Gasteiger partial charge in [-0.15, -0.1) is 0 Å². The van der Waals surface area contributed by atoms with Crippen LogP contribution in [0.25, 0.3) is 17.1 Å². The lowest BCUT2D eigenvalue weighted by atomic mass is 10.2. The molecule has 6 nitrogen and oxygen atoms in total. The number of benzene rings is 1. The molecule has 8 heteroatoms. The second kappa shape index (κ2) is 8.17. The summed E-state index contributed by atoms with van der Waals surface area (Å²) >= 11 is 12.2. The summed E-state index contributed by atoms with van der Waals surface area (Å²) in [6, 6.07) is 10.5. The van der Waals surface area contributed by atoms with E-state index >= 15 is 0 Å². The Balaban J connectivity index is 1.99. The lowest BCUT2D eigenvalue weighted by molar-refractivity contribution is 0.0943. The minimum absolute atomic E-state index is 0.232. The standard InChI is InChI=1S/C19H20Cl2N4O2/c1-12-4-7-18(27-12)16-11-17(19(26)22-8-9-24(2)3)25(23-16)13-5-6-14(20)15(21)10-13/h4-7,10-11H,8-9H2,1-3H3,(H,22,26). The quantitative estimate of drug-likeness (QED) is 0.670. The Morgan fingerprint density at radius 3 is 2.59 bits per heavy atom. The van der Waals surface area contributed by atoms with Crippen LogP contribution in [-0.2, 0) is 0 Å². The molecule has 2 aromatic heterocycles. The van der Waals surface area contributed by atoms with E-state index in [1.807, 2.05) is 38.1 Å². The average molecular weight is 407 g/mol. The number of nitrogens with zero attached hydrogens (tertiary/aromatic N) is 3. The van der Waals surface area contributed by atoms with Crippen molar-refractivity contribution in [1.29, 1.82) is 0 Å². The zero-order valence-electron chi connectivity index (χ0n) is 15.3. The number of aryl methyl sites for hydroxylation is 1. The van der Waals surface area contributed by atoms with Gasteiger partial charge in [0.1, 0.15) is 17.1 Å². The Kier molecular flexibility index (Phi) is 5.89. The van der Waals surface area contributed by atoms with Crippen LogP contribution in [0.2, 0.25) is 10.0 Å². The molecule has 0 aliphatic heterocycles. The highest BCUT2D eigenvalue weighted by atomic mass is 35.5. The number of hydrogen-bond acceptors (Lipinski definition) is 4. The maximum atomic E-state index is 12.7. The van der Waals surface area contributed by atoms with Gasteiger partial charge in [0.05, 0.1) is 15.7 Å². The predicted octanol–water partition coefficient (Wildman–Crippen LogP) is 4.04. The number of rotatable bonds is 6. The molecule has 142 valence electrons. The van der Waals surface area contributed by atoms with Gasteiger partial charge in [-0.25, -0.2) is 4.68 Å². The van der Waals surface area contributed by atoms with Crippen molar-refractivity contribution in [3.8, 4) is 17.1 Å². The van der Waals surface area contributed by atoms with Crippen molar-refractivity contribution in [2.24, 2.45) is 0 Å². The van der Waals surface area contributed by atoms with E-state index in [1.165, 1.54) is 0 Å². The van der Waals surface area contributed by atoms with Gasteiger partial charge >= 0.3 is 0 Å². The van der Waals surface area contributed by atoms with E-state index in [-0.39, 0.29) is 5.91 Å². The van der Waals surface area contributed by atoms with E-state index in [0.717, 1.165) is 12.3 Å². The summed E-state index contributed by atoms with van der Waals surface area (Å²) in [6.45, 7) is 3.11. The number of amides is 1. The van der Waals surface area contributed by atoms with Crippen LogP contribution in [-0.4, -0.2) is 47.8 Å². The molecule has 27 heavy (non-hydrogen) atoms.